The van der Waals surface area contributed by atoms with Gasteiger partial charge in [0.25, 0.3) is 0 Å². The van der Waals surface area contributed by atoms with Crippen LogP contribution >= 0.6 is 0 Å². The van der Waals surface area contributed by atoms with Crippen LogP contribution in [0.4, 0.5) is 17.5 Å². The van der Waals surface area contributed by atoms with Gasteiger partial charge in [0.05, 0.1) is 0 Å². The van der Waals surface area contributed by atoms with Crippen LogP contribution in [0.3, 0.4) is 0 Å². The molecular weight excluding hydrogens is 298 g/mol. The molecular formula is C19H25N5. The Labute approximate surface area is 143 Å². The lowest BCUT2D eigenvalue weighted by atomic mass is 10.1. The van der Waals surface area contributed by atoms with E-state index in [2.05, 4.69) is 50.0 Å². The Morgan fingerprint density at radius 1 is 0.667 bits per heavy atom. The highest BCUT2D eigenvalue weighted by Crippen LogP contribution is 2.21. The molecule has 0 amide bonds. The molecule has 5 heteroatoms. The van der Waals surface area contributed by atoms with Gasteiger partial charge >= 0.3 is 0 Å². The smallest absolute Gasteiger partial charge is 0.227 e. The minimum Gasteiger partial charge on any atom is -0.368 e. The van der Waals surface area contributed by atoms with Gasteiger partial charge in [-0.3, -0.25) is 0 Å². The van der Waals surface area contributed by atoms with Crippen LogP contribution in [0.25, 0.3) is 0 Å². The molecule has 2 aromatic rings. The summed E-state index contributed by atoms with van der Waals surface area (Å²) in [5, 5.41) is 0. The van der Waals surface area contributed by atoms with Crippen molar-refractivity contribution in [1.29, 1.82) is 0 Å². The summed E-state index contributed by atoms with van der Waals surface area (Å²) >= 11 is 0. The summed E-state index contributed by atoms with van der Waals surface area (Å²) in [7, 11) is 0. The number of nitrogens with zero attached hydrogens (tertiary/aromatic N) is 5. The number of rotatable bonds is 3. The van der Waals surface area contributed by atoms with Crippen molar-refractivity contribution >= 4 is 17.5 Å². The Kier molecular flexibility index (Phi) is 4.49. The molecule has 0 spiro atoms. The van der Waals surface area contributed by atoms with Crippen molar-refractivity contribution in [3.63, 3.8) is 0 Å². The molecule has 2 fully saturated rings. The second-order valence-electron chi connectivity index (χ2n) is 6.57. The van der Waals surface area contributed by atoms with E-state index in [0.29, 0.717) is 0 Å². The first-order valence-electron chi connectivity index (χ1n) is 9.03. The standard InChI is InChI=1S/C19H25N5/c1-3-7-17(8-4-1)22-13-15-23(16-14-22)18-9-10-20-19(21-18)24-11-5-2-6-12-24/h1,3-4,7-10H,2,5-6,11-16H2. The van der Waals surface area contributed by atoms with Gasteiger partial charge in [0.15, 0.2) is 0 Å². The zero-order valence-corrected chi connectivity index (χ0v) is 14.1. The van der Waals surface area contributed by atoms with Crippen molar-refractivity contribution in [2.45, 2.75) is 19.3 Å². The normalized spacial score (nSPS) is 18.8. The highest BCUT2D eigenvalue weighted by Gasteiger charge is 2.20. The van der Waals surface area contributed by atoms with E-state index in [1.165, 1.54) is 24.9 Å². The number of piperidine rings is 1. The number of hydrogen-bond donors (Lipinski definition) is 0. The highest BCUT2D eigenvalue weighted by atomic mass is 15.3. The molecule has 1 aromatic carbocycles. The van der Waals surface area contributed by atoms with Gasteiger partial charge in [-0.15, -0.1) is 0 Å². The fourth-order valence-corrected chi connectivity index (χ4v) is 3.59. The summed E-state index contributed by atoms with van der Waals surface area (Å²) in [6.45, 7) is 6.26. The molecule has 0 atom stereocenters. The average molecular weight is 323 g/mol. The predicted molar refractivity (Wildman–Crippen MR) is 99.0 cm³/mol. The number of anilines is 3. The summed E-state index contributed by atoms with van der Waals surface area (Å²) in [6.07, 6.45) is 5.75. The third kappa shape index (κ3) is 3.30. The Balaban J connectivity index is 1.42. The molecule has 2 aliphatic heterocycles. The molecule has 0 radical (unpaired) electrons. The second-order valence-corrected chi connectivity index (χ2v) is 6.57. The summed E-state index contributed by atoms with van der Waals surface area (Å²) in [4.78, 5) is 16.5. The maximum absolute atomic E-state index is 4.84. The molecule has 1 aromatic heterocycles. The Hall–Kier alpha value is -2.30. The molecule has 0 bridgehead atoms. The number of piperazine rings is 1. The number of benzene rings is 1. The van der Waals surface area contributed by atoms with Crippen molar-refractivity contribution in [3.05, 3.63) is 42.6 Å². The molecule has 5 nitrogen and oxygen atoms in total. The topological polar surface area (TPSA) is 35.5 Å². The SMILES string of the molecule is c1ccc(N2CCN(c3ccnc(N4CCCCC4)n3)CC2)cc1. The van der Waals surface area contributed by atoms with Crippen LogP contribution in [0, 0.1) is 0 Å². The molecule has 0 unspecified atom stereocenters. The zero-order valence-electron chi connectivity index (χ0n) is 14.1. The first-order chi connectivity index (χ1) is 11.9. The van der Waals surface area contributed by atoms with Gasteiger partial charge in [0.1, 0.15) is 5.82 Å². The monoisotopic (exact) mass is 323 g/mol. The van der Waals surface area contributed by atoms with Gasteiger partial charge < -0.3 is 14.7 Å². The number of hydrogen-bond acceptors (Lipinski definition) is 5. The third-order valence-corrected chi connectivity index (χ3v) is 4.99. The largest absolute Gasteiger partial charge is 0.368 e. The van der Waals surface area contributed by atoms with Crippen LogP contribution in [0.15, 0.2) is 42.6 Å². The van der Waals surface area contributed by atoms with E-state index in [-0.39, 0.29) is 0 Å². The van der Waals surface area contributed by atoms with E-state index in [9.17, 15) is 0 Å². The van der Waals surface area contributed by atoms with Gasteiger partial charge in [-0.2, -0.15) is 4.98 Å². The predicted octanol–water partition coefficient (Wildman–Crippen LogP) is 2.79. The number of para-hydroxylation sites is 1. The minimum absolute atomic E-state index is 0.901. The van der Waals surface area contributed by atoms with E-state index in [1.54, 1.807) is 0 Å². The summed E-state index contributed by atoms with van der Waals surface area (Å²) in [5.74, 6) is 1.97. The van der Waals surface area contributed by atoms with Gasteiger partial charge in [0, 0.05) is 51.2 Å². The van der Waals surface area contributed by atoms with Crippen molar-refractivity contribution in [2.24, 2.45) is 0 Å². The van der Waals surface area contributed by atoms with E-state index < -0.39 is 0 Å². The lowest BCUT2D eigenvalue weighted by molar-refractivity contribution is 0.567. The van der Waals surface area contributed by atoms with Gasteiger partial charge in [-0.1, -0.05) is 18.2 Å². The van der Waals surface area contributed by atoms with E-state index in [0.717, 1.165) is 51.0 Å². The number of aromatic nitrogens is 2. The molecule has 24 heavy (non-hydrogen) atoms. The molecule has 3 heterocycles. The fraction of sp³-hybridized carbons (Fsp3) is 0.474. The van der Waals surface area contributed by atoms with Crippen LogP contribution in [-0.4, -0.2) is 49.2 Å². The zero-order chi connectivity index (χ0) is 16.2. The third-order valence-electron chi connectivity index (χ3n) is 4.99. The molecule has 0 saturated carbocycles. The van der Waals surface area contributed by atoms with Gasteiger partial charge in [-0.25, -0.2) is 4.98 Å². The summed E-state index contributed by atoms with van der Waals surface area (Å²) < 4.78 is 0. The van der Waals surface area contributed by atoms with Crippen molar-refractivity contribution < 1.29 is 0 Å². The van der Waals surface area contributed by atoms with Crippen molar-refractivity contribution in [2.75, 3.05) is 54.0 Å². The molecule has 2 saturated heterocycles. The average Bonchev–Trinajstić information content (AvgIpc) is 2.70. The van der Waals surface area contributed by atoms with Crippen LogP contribution in [0.1, 0.15) is 19.3 Å². The van der Waals surface area contributed by atoms with Crippen molar-refractivity contribution in [1.82, 2.24) is 9.97 Å². The maximum Gasteiger partial charge on any atom is 0.227 e. The first kappa shape index (κ1) is 15.2. The van der Waals surface area contributed by atoms with Crippen LogP contribution < -0.4 is 14.7 Å². The molecule has 0 N–H and O–H groups in total. The Morgan fingerprint density at radius 2 is 1.38 bits per heavy atom. The first-order valence-corrected chi connectivity index (χ1v) is 9.03. The highest BCUT2D eigenvalue weighted by molar-refractivity contribution is 5.50. The quantitative estimate of drug-likeness (QED) is 0.868. The van der Waals surface area contributed by atoms with Crippen LogP contribution in [-0.2, 0) is 0 Å². The summed E-state index contributed by atoms with van der Waals surface area (Å²) in [5.41, 5.74) is 1.31. The van der Waals surface area contributed by atoms with Gasteiger partial charge in [-0.05, 0) is 37.5 Å². The molecule has 4 rings (SSSR count). The maximum atomic E-state index is 4.84. The van der Waals surface area contributed by atoms with E-state index in [4.69, 9.17) is 4.98 Å². The van der Waals surface area contributed by atoms with Crippen LogP contribution in [0.2, 0.25) is 0 Å². The Morgan fingerprint density at radius 3 is 2.12 bits per heavy atom. The second kappa shape index (κ2) is 7.07. The fourth-order valence-electron chi connectivity index (χ4n) is 3.59. The Bertz CT molecular complexity index is 646. The van der Waals surface area contributed by atoms with Crippen LogP contribution in [0.5, 0.6) is 0 Å². The molecule has 0 aliphatic carbocycles. The molecule has 126 valence electrons. The van der Waals surface area contributed by atoms with Crippen molar-refractivity contribution in [3.8, 4) is 0 Å². The minimum atomic E-state index is 0.901. The lowest BCUT2D eigenvalue weighted by Crippen LogP contribution is -2.47. The van der Waals surface area contributed by atoms with E-state index >= 15 is 0 Å². The van der Waals surface area contributed by atoms with E-state index in [1.807, 2.05) is 12.3 Å². The summed E-state index contributed by atoms with van der Waals surface area (Å²) in [6, 6.07) is 12.7. The lowest BCUT2D eigenvalue weighted by Gasteiger charge is -2.37. The van der Waals surface area contributed by atoms with Gasteiger partial charge in [0.2, 0.25) is 5.95 Å². The molecule has 2 aliphatic rings.